The Morgan fingerprint density at radius 1 is 1.12 bits per heavy atom. The van der Waals surface area contributed by atoms with Crippen molar-refractivity contribution in [3.05, 3.63) is 12.2 Å². The number of carbonyl (C=O) groups excluding carboxylic acids is 3. The van der Waals surface area contributed by atoms with Gasteiger partial charge in [-0.2, -0.15) is 10.5 Å². The standard InChI is InChI=1S/C22H41N3O6SSi/c1-16(2)32(3)12-7-6-9-17(26)13-19(27)24-14-20(28)25-18(15-33(4)5)22(31)23-11-8-10-21(29)30/h6,9,16-18,26,33H,3,7-8,10-15H2,1-2,4-5H3,(H,23,31)(H,24,27)(H,25,28)(H,29,30). The maximum absolute atomic E-state index is 12.4. The molecule has 0 aromatic carbocycles. The van der Waals surface area contributed by atoms with E-state index in [4.69, 9.17) is 5.11 Å². The number of aliphatic hydroxyl groups excluding tert-OH is 1. The van der Waals surface area contributed by atoms with Gasteiger partial charge in [0.25, 0.3) is 0 Å². The zero-order chi connectivity index (χ0) is 25.4. The van der Waals surface area contributed by atoms with Crippen molar-refractivity contribution in [2.24, 2.45) is 0 Å². The number of carboxylic acids is 1. The third-order valence-electron chi connectivity index (χ3n) is 4.64. The van der Waals surface area contributed by atoms with Gasteiger partial charge in [0.15, 0.2) is 0 Å². The Labute approximate surface area is 201 Å². The summed E-state index contributed by atoms with van der Waals surface area (Å²) in [5, 5.41) is 26.9. The molecule has 0 aromatic rings. The zero-order valence-electron chi connectivity index (χ0n) is 20.3. The quantitative estimate of drug-likeness (QED) is 0.0862. The number of aliphatic carboxylic acids is 1. The van der Waals surface area contributed by atoms with Crippen molar-refractivity contribution in [1.82, 2.24) is 16.0 Å². The largest absolute Gasteiger partial charge is 0.481 e. The van der Waals surface area contributed by atoms with Gasteiger partial charge in [-0.1, -0.05) is 45.0 Å². The van der Waals surface area contributed by atoms with E-state index in [-0.39, 0.29) is 42.3 Å². The molecule has 0 aliphatic rings. The van der Waals surface area contributed by atoms with Gasteiger partial charge in [0.1, 0.15) is 6.04 Å². The average molecular weight is 504 g/mol. The Balaban J connectivity index is 4.41. The summed E-state index contributed by atoms with van der Waals surface area (Å²) in [6.45, 7) is 8.26. The first-order chi connectivity index (χ1) is 15.4. The number of rotatable bonds is 17. The van der Waals surface area contributed by atoms with Crippen molar-refractivity contribution in [1.29, 1.82) is 0 Å². The summed E-state index contributed by atoms with van der Waals surface area (Å²) >= 11 is 0. The molecule has 5 N–H and O–H groups in total. The van der Waals surface area contributed by atoms with Crippen molar-refractivity contribution in [3.8, 4) is 0 Å². The Bertz CT molecular complexity index is 700. The highest BCUT2D eigenvalue weighted by molar-refractivity contribution is 8.14. The molecular weight excluding hydrogens is 462 g/mol. The zero-order valence-corrected chi connectivity index (χ0v) is 22.2. The molecule has 0 radical (unpaired) electrons. The van der Waals surface area contributed by atoms with E-state index in [2.05, 4.69) is 35.7 Å². The summed E-state index contributed by atoms with van der Waals surface area (Å²) in [6, 6.07) is -0.178. The Morgan fingerprint density at radius 2 is 1.79 bits per heavy atom. The number of hydrogen-bond acceptors (Lipinski definition) is 5. The van der Waals surface area contributed by atoms with Crippen LogP contribution in [-0.2, 0) is 19.2 Å². The minimum atomic E-state index is -1.19. The summed E-state index contributed by atoms with van der Waals surface area (Å²) in [4.78, 5) is 47.1. The van der Waals surface area contributed by atoms with Crippen LogP contribution in [-0.4, -0.2) is 84.8 Å². The van der Waals surface area contributed by atoms with E-state index >= 15 is 0 Å². The molecular formula is C22H41N3O6SSi. The molecule has 0 saturated carbocycles. The van der Waals surface area contributed by atoms with Gasteiger partial charge in [-0.3, -0.25) is 19.2 Å². The minimum Gasteiger partial charge on any atom is -0.481 e. The first-order valence-corrected chi connectivity index (χ1v) is 16.1. The highest BCUT2D eigenvalue weighted by atomic mass is 32.2. The van der Waals surface area contributed by atoms with Crippen LogP contribution in [0.1, 0.15) is 39.5 Å². The topological polar surface area (TPSA) is 145 Å². The molecule has 0 spiro atoms. The highest BCUT2D eigenvalue weighted by Gasteiger charge is 2.22. The van der Waals surface area contributed by atoms with Crippen LogP contribution in [0.25, 0.3) is 0 Å². The van der Waals surface area contributed by atoms with Crippen LogP contribution >= 0.6 is 10.5 Å². The summed E-state index contributed by atoms with van der Waals surface area (Å²) < 4.78 is 0. The van der Waals surface area contributed by atoms with Gasteiger partial charge in [0.05, 0.1) is 19.1 Å². The number of amides is 3. The second kappa shape index (κ2) is 17.5. The highest BCUT2D eigenvalue weighted by Crippen LogP contribution is 2.18. The molecule has 3 atom stereocenters. The van der Waals surface area contributed by atoms with Crippen LogP contribution in [0.5, 0.6) is 0 Å². The Morgan fingerprint density at radius 3 is 2.36 bits per heavy atom. The van der Waals surface area contributed by atoms with Crippen LogP contribution in [0.3, 0.4) is 0 Å². The molecule has 0 fully saturated rings. The van der Waals surface area contributed by atoms with Crippen LogP contribution in [0.2, 0.25) is 19.1 Å². The van der Waals surface area contributed by atoms with Gasteiger partial charge < -0.3 is 26.2 Å². The predicted octanol–water partition coefficient (Wildman–Crippen LogP) is 0.862. The lowest BCUT2D eigenvalue weighted by atomic mass is 10.2. The first kappa shape index (κ1) is 31.0. The SMILES string of the molecule is C=S(CCC=CC(O)CC(=O)NCC(=O)NC(C[SiH](C)C)C(=O)NCCCC(=O)O)C(C)C. The maximum atomic E-state index is 12.4. The minimum absolute atomic E-state index is 0.0437. The number of carboxylic acid groups (broad SMARTS) is 1. The van der Waals surface area contributed by atoms with Gasteiger partial charge in [-0.05, 0) is 29.9 Å². The van der Waals surface area contributed by atoms with Gasteiger partial charge in [-0.15, -0.1) is 0 Å². The van der Waals surface area contributed by atoms with E-state index in [0.717, 1.165) is 12.2 Å². The first-order valence-electron chi connectivity index (χ1n) is 11.3. The molecule has 0 bridgehead atoms. The second-order valence-corrected chi connectivity index (χ2v) is 14.3. The van der Waals surface area contributed by atoms with Gasteiger partial charge >= 0.3 is 5.97 Å². The molecule has 9 nitrogen and oxygen atoms in total. The molecule has 190 valence electrons. The summed E-state index contributed by atoms with van der Waals surface area (Å²) in [5.41, 5.74) is 0. The van der Waals surface area contributed by atoms with E-state index in [1.807, 2.05) is 19.2 Å². The second-order valence-electron chi connectivity index (χ2n) is 8.59. The van der Waals surface area contributed by atoms with E-state index < -0.39 is 38.7 Å². The van der Waals surface area contributed by atoms with Gasteiger partial charge in [0, 0.05) is 21.8 Å². The van der Waals surface area contributed by atoms with Crippen molar-refractivity contribution in [2.75, 3.05) is 18.8 Å². The summed E-state index contributed by atoms with van der Waals surface area (Å²) in [7, 11) is -1.12. The van der Waals surface area contributed by atoms with Crippen LogP contribution in [0.4, 0.5) is 0 Å². The van der Waals surface area contributed by atoms with Gasteiger partial charge in [0.2, 0.25) is 17.7 Å². The van der Waals surface area contributed by atoms with E-state index in [1.54, 1.807) is 6.08 Å². The molecule has 11 heteroatoms. The van der Waals surface area contributed by atoms with Crippen LogP contribution in [0.15, 0.2) is 12.2 Å². The lowest BCUT2D eigenvalue weighted by Gasteiger charge is -2.20. The number of allylic oxidation sites excluding steroid dienone is 1. The van der Waals surface area contributed by atoms with Gasteiger partial charge in [-0.25, -0.2) is 0 Å². The van der Waals surface area contributed by atoms with E-state index in [9.17, 15) is 24.3 Å². The van der Waals surface area contributed by atoms with Crippen molar-refractivity contribution in [2.45, 2.75) is 76.1 Å². The van der Waals surface area contributed by atoms with Crippen LogP contribution in [0, 0.1) is 0 Å². The summed E-state index contributed by atoms with van der Waals surface area (Å²) in [6.07, 6.45) is 3.37. The van der Waals surface area contributed by atoms with Crippen molar-refractivity contribution in [3.63, 3.8) is 0 Å². The van der Waals surface area contributed by atoms with E-state index in [0.29, 0.717) is 17.7 Å². The number of carbonyl (C=O) groups is 4. The fourth-order valence-electron chi connectivity index (χ4n) is 2.74. The normalized spacial score (nSPS) is 14.2. The Hall–Kier alpha value is -1.98. The third kappa shape index (κ3) is 17.2. The molecule has 33 heavy (non-hydrogen) atoms. The molecule has 0 aliphatic carbocycles. The van der Waals surface area contributed by atoms with E-state index in [1.165, 1.54) is 0 Å². The fourth-order valence-corrected chi connectivity index (χ4v) is 4.93. The molecule has 0 heterocycles. The lowest BCUT2D eigenvalue weighted by molar-refractivity contribution is -0.137. The van der Waals surface area contributed by atoms with Crippen molar-refractivity contribution >= 4 is 48.8 Å². The predicted molar refractivity (Wildman–Crippen MR) is 138 cm³/mol. The molecule has 0 saturated heterocycles. The number of nitrogens with one attached hydrogen (secondary N) is 3. The smallest absolute Gasteiger partial charge is 0.303 e. The number of aliphatic hydroxyl groups is 1. The molecule has 3 unspecified atom stereocenters. The molecule has 0 aromatic heterocycles. The molecule has 3 amide bonds. The molecule has 0 rings (SSSR count). The summed E-state index contributed by atoms with van der Waals surface area (Å²) in [5.74, 6) is 2.78. The fraction of sp³-hybridized carbons (Fsp3) is 0.682. The molecule has 0 aliphatic heterocycles. The number of hydrogen-bond donors (Lipinski definition) is 5. The third-order valence-corrected chi connectivity index (χ3v) is 8.15. The van der Waals surface area contributed by atoms with Crippen molar-refractivity contribution < 1.29 is 29.4 Å². The Kier molecular flexibility index (Phi) is 16.4. The monoisotopic (exact) mass is 503 g/mol. The average Bonchev–Trinajstić information content (AvgIpc) is 2.71. The maximum Gasteiger partial charge on any atom is 0.303 e. The van der Waals surface area contributed by atoms with Crippen LogP contribution < -0.4 is 16.0 Å². The lowest BCUT2D eigenvalue weighted by Crippen LogP contribution is -2.50.